The van der Waals surface area contributed by atoms with Crippen LogP contribution in [0.5, 0.6) is 0 Å². The van der Waals surface area contributed by atoms with E-state index in [1.54, 1.807) is 24.4 Å². The third-order valence-corrected chi connectivity index (χ3v) is 2.63. The molecule has 0 radical (unpaired) electrons. The van der Waals surface area contributed by atoms with E-state index in [0.29, 0.717) is 17.6 Å². The number of pyridine rings is 1. The number of carbonyl (C=O) groups excluding carboxylic acids is 2. The van der Waals surface area contributed by atoms with Gasteiger partial charge in [0.25, 0.3) is 0 Å². The Hall–Kier alpha value is -2.95. The molecule has 0 aliphatic rings. The number of aromatic nitrogens is 1. The standard InChI is InChI=1S/C15H13N3O2/c16-15(20)18-13(10-19)14(11-6-2-1-3-7-11)12-8-4-5-9-17-12/h1-10H,(H3,16,18,20). The van der Waals surface area contributed by atoms with Crippen molar-refractivity contribution >= 4 is 17.9 Å². The fraction of sp³-hybridized carbons (Fsp3) is 0. The van der Waals surface area contributed by atoms with Crippen LogP contribution in [0, 0.1) is 0 Å². The van der Waals surface area contributed by atoms with E-state index in [9.17, 15) is 9.59 Å². The number of hydrogen-bond acceptors (Lipinski definition) is 3. The molecule has 1 heterocycles. The summed E-state index contributed by atoms with van der Waals surface area (Å²) in [5, 5.41) is 2.34. The van der Waals surface area contributed by atoms with E-state index in [4.69, 9.17) is 5.73 Å². The number of aldehydes is 1. The first kappa shape index (κ1) is 13.5. The molecule has 0 aliphatic carbocycles. The van der Waals surface area contributed by atoms with Gasteiger partial charge >= 0.3 is 6.03 Å². The van der Waals surface area contributed by atoms with Crippen LogP contribution in [0.2, 0.25) is 0 Å². The number of hydrogen-bond donors (Lipinski definition) is 2. The van der Waals surface area contributed by atoms with Gasteiger partial charge in [-0.05, 0) is 17.7 Å². The number of nitrogens with one attached hydrogen (secondary N) is 1. The second-order valence-electron chi connectivity index (χ2n) is 3.98. The molecule has 0 bridgehead atoms. The number of carbonyl (C=O) groups is 2. The SMILES string of the molecule is NC(=O)NC(C=O)=C(c1ccccc1)c1ccccn1. The van der Waals surface area contributed by atoms with Crippen LogP contribution in [0.3, 0.4) is 0 Å². The highest BCUT2D eigenvalue weighted by molar-refractivity contribution is 5.97. The van der Waals surface area contributed by atoms with Crippen molar-refractivity contribution in [3.63, 3.8) is 0 Å². The molecule has 2 aromatic rings. The Morgan fingerprint density at radius 2 is 1.80 bits per heavy atom. The Kier molecular flexibility index (Phi) is 4.24. The zero-order chi connectivity index (χ0) is 14.4. The number of urea groups is 1. The van der Waals surface area contributed by atoms with E-state index in [1.807, 2.05) is 30.3 Å². The minimum absolute atomic E-state index is 0.0856. The lowest BCUT2D eigenvalue weighted by molar-refractivity contribution is -0.105. The lowest BCUT2D eigenvalue weighted by Gasteiger charge is -2.11. The molecule has 100 valence electrons. The van der Waals surface area contributed by atoms with E-state index in [-0.39, 0.29) is 5.70 Å². The maximum absolute atomic E-state index is 11.3. The fourth-order valence-electron chi connectivity index (χ4n) is 1.84. The van der Waals surface area contributed by atoms with Gasteiger partial charge in [-0.25, -0.2) is 4.79 Å². The molecular weight excluding hydrogens is 254 g/mol. The molecule has 2 amide bonds. The van der Waals surface area contributed by atoms with Gasteiger partial charge in [0.2, 0.25) is 0 Å². The van der Waals surface area contributed by atoms with E-state index in [2.05, 4.69) is 10.3 Å². The molecule has 0 spiro atoms. The number of nitrogens with two attached hydrogens (primary N) is 1. The summed E-state index contributed by atoms with van der Waals surface area (Å²) in [4.78, 5) is 26.5. The van der Waals surface area contributed by atoms with Gasteiger partial charge in [0.1, 0.15) is 0 Å². The first-order valence-corrected chi connectivity index (χ1v) is 5.95. The summed E-state index contributed by atoms with van der Waals surface area (Å²) in [6, 6.07) is 13.7. The molecular formula is C15H13N3O2. The van der Waals surface area contributed by atoms with Gasteiger partial charge < -0.3 is 11.1 Å². The van der Waals surface area contributed by atoms with E-state index in [1.165, 1.54) is 0 Å². The minimum Gasteiger partial charge on any atom is -0.351 e. The number of allylic oxidation sites excluding steroid dienone is 1. The van der Waals surface area contributed by atoms with Crippen LogP contribution in [0.1, 0.15) is 11.3 Å². The van der Waals surface area contributed by atoms with Crippen LogP contribution >= 0.6 is 0 Å². The fourth-order valence-corrected chi connectivity index (χ4v) is 1.84. The van der Waals surface area contributed by atoms with Gasteiger partial charge in [0.15, 0.2) is 6.29 Å². The third-order valence-electron chi connectivity index (χ3n) is 2.63. The average molecular weight is 267 g/mol. The van der Waals surface area contributed by atoms with Crippen molar-refractivity contribution < 1.29 is 9.59 Å². The summed E-state index contributed by atoms with van der Waals surface area (Å²) in [5.74, 6) is 0. The molecule has 0 saturated heterocycles. The Bertz CT molecular complexity index is 595. The number of amides is 2. The van der Waals surface area contributed by atoms with Crippen LogP contribution in [0.25, 0.3) is 5.57 Å². The quantitative estimate of drug-likeness (QED) is 0.653. The Morgan fingerprint density at radius 3 is 2.35 bits per heavy atom. The highest BCUT2D eigenvalue weighted by Crippen LogP contribution is 2.23. The second-order valence-corrected chi connectivity index (χ2v) is 3.98. The van der Waals surface area contributed by atoms with Crippen LogP contribution in [-0.2, 0) is 4.79 Å². The first-order valence-electron chi connectivity index (χ1n) is 5.95. The number of primary amides is 1. The Labute approximate surface area is 116 Å². The molecule has 3 N–H and O–H groups in total. The van der Waals surface area contributed by atoms with Crippen molar-refractivity contribution in [2.45, 2.75) is 0 Å². The molecule has 0 atom stereocenters. The summed E-state index contributed by atoms with van der Waals surface area (Å²) in [6.45, 7) is 0. The highest BCUT2D eigenvalue weighted by Gasteiger charge is 2.13. The number of nitrogens with zero attached hydrogens (tertiary/aromatic N) is 1. The lowest BCUT2D eigenvalue weighted by Crippen LogP contribution is -2.30. The van der Waals surface area contributed by atoms with Gasteiger partial charge in [-0.15, -0.1) is 0 Å². The van der Waals surface area contributed by atoms with Crippen molar-refractivity contribution in [2.75, 3.05) is 0 Å². The molecule has 5 nitrogen and oxygen atoms in total. The van der Waals surface area contributed by atoms with Gasteiger partial charge in [0, 0.05) is 11.8 Å². The lowest BCUT2D eigenvalue weighted by atomic mass is 10.00. The second kappa shape index (κ2) is 6.29. The van der Waals surface area contributed by atoms with Crippen LogP contribution in [0.15, 0.2) is 60.4 Å². The van der Waals surface area contributed by atoms with Crippen molar-refractivity contribution in [3.05, 3.63) is 71.7 Å². The Balaban J connectivity index is 2.63. The number of rotatable bonds is 4. The van der Waals surface area contributed by atoms with E-state index < -0.39 is 6.03 Å². The van der Waals surface area contributed by atoms with Crippen molar-refractivity contribution in [1.82, 2.24) is 10.3 Å². The number of benzene rings is 1. The average Bonchev–Trinajstić information content (AvgIpc) is 2.48. The molecule has 0 unspecified atom stereocenters. The smallest absolute Gasteiger partial charge is 0.316 e. The normalized spacial score (nSPS) is 11.4. The largest absolute Gasteiger partial charge is 0.351 e. The molecule has 0 aliphatic heterocycles. The maximum atomic E-state index is 11.3. The van der Waals surface area contributed by atoms with Crippen molar-refractivity contribution in [2.24, 2.45) is 5.73 Å². The third kappa shape index (κ3) is 3.08. The van der Waals surface area contributed by atoms with E-state index >= 15 is 0 Å². The monoisotopic (exact) mass is 267 g/mol. The zero-order valence-corrected chi connectivity index (χ0v) is 10.6. The van der Waals surface area contributed by atoms with Crippen LogP contribution < -0.4 is 11.1 Å². The molecule has 1 aromatic heterocycles. The highest BCUT2D eigenvalue weighted by atomic mass is 16.2. The molecule has 0 saturated carbocycles. The summed E-state index contributed by atoms with van der Waals surface area (Å²) in [7, 11) is 0. The zero-order valence-electron chi connectivity index (χ0n) is 10.6. The predicted molar refractivity (Wildman–Crippen MR) is 75.5 cm³/mol. The summed E-state index contributed by atoms with van der Waals surface area (Å²) < 4.78 is 0. The van der Waals surface area contributed by atoms with Crippen molar-refractivity contribution in [3.8, 4) is 0 Å². The van der Waals surface area contributed by atoms with Gasteiger partial charge in [-0.2, -0.15) is 0 Å². The first-order chi connectivity index (χ1) is 9.72. The molecule has 5 heteroatoms. The summed E-state index contributed by atoms with van der Waals surface area (Å²) in [5.41, 5.74) is 7.06. The van der Waals surface area contributed by atoms with Gasteiger partial charge in [0.05, 0.1) is 11.4 Å². The maximum Gasteiger partial charge on any atom is 0.316 e. The molecule has 20 heavy (non-hydrogen) atoms. The van der Waals surface area contributed by atoms with Crippen LogP contribution in [-0.4, -0.2) is 17.3 Å². The van der Waals surface area contributed by atoms with E-state index in [0.717, 1.165) is 5.56 Å². The van der Waals surface area contributed by atoms with Gasteiger partial charge in [-0.3, -0.25) is 9.78 Å². The predicted octanol–water partition coefficient (Wildman–Crippen LogP) is 1.71. The Morgan fingerprint density at radius 1 is 1.10 bits per heavy atom. The summed E-state index contributed by atoms with van der Waals surface area (Å²) in [6.07, 6.45) is 2.17. The van der Waals surface area contributed by atoms with Crippen molar-refractivity contribution in [1.29, 1.82) is 0 Å². The van der Waals surface area contributed by atoms with Gasteiger partial charge in [-0.1, -0.05) is 36.4 Å². The summed E-state index contributed by atoms with van der Waals surface area (Å²) >= 11 is 0. The topological polar surface area (TPSA) is 85.1 Å². The van der Waals surface area contributed by atoms with Crippen LogP contribution in [0.4, 0.5) is 4.79 Å². The molecule has 1 aromatic carbocycles. The molecule has 2 rings (SSSR count). The minimum atomic E-state index is -0.795. The molecule has 0 fully saturated rings.